The fourth-order valence-corrected chi connectivity index (χ4v) is 22.8. The van der Waals surface area contributed by atoms with Crippen molar-refractivity contribution in [3.8, 4) is 44.5 Å². The molecule has 2 atom stereocenters. The lowest BCUT2D eigenvalue weighted by atomic mass is 9.82. The first-order valence-electron chi connectivity index (χ1n) is 46.3. The van der Waals surface area contributed by atoms with Gasteiger partial charge in [-0.3, -0.25) is 23.7 Å². The van der Waals surface area contributed by atoms with Gasteiger partial charge in [0.15, 0.2) is 0 Å². The summed E-state index contributed by atoms with van der Waals surface area (Å²) in [6.45, 7) is 30.2. The monoisotopic (exact) mass is 1730 g/mol. The van der Waals surface area contributed by atoms with Crippen molar-refractivity contribution in [2.45, 2.75) is 169 Å². The maximum atomic E-state index is 13.9. The largest absolute Gasteiger partial charge is 0.480 e. The average molecular weight is 1730 g/mol. The average Bonchev–Trinajstić information content (AvgIpc) is 1.71. The van der Waals surface area contributed by atoms with E-state index < -0.39 is 40.9 Å². The highest BCUT2D eigenvalue weighted by molar-refractivity contribution is 6.29. The summed E-state index contributed by atoms with van der Waals surface area (Å²) in [5, 5.41) is 26.0. The third-order valence-electron chi connectivity index (χ3n) is 29.7. The molecule has 0 spiro atoms. The number of nitrogens with two attached hydrogens (primary N) is 1. The second-order valence-electron chi connectivity index (χ2n) is 38.5. The van der Waals surface area contributed by atoms with Crippen LogP contribution in [0.25, 0.3) is 131 Å². The summed E-state index contributed by atoms with van der Waals surface area (Å²) in [5.41, 5.74) is 33.1. The quantitative estimate of drug-likeness (QED) is 0.0349. The molecule has 4 N–H and O–H groups in total. The number of fused-ring (bicyclic) bond motifs is 16. The molecule has 2 unspecified atom stereocenters. The Morgan fingerprint density at radius 1 is 0.351 bits per heavy atom. The van der Waals surface area contributed by atoms with E-state index in [0.717, 1.165) is 158 Å². The van der Waals surface area contributed by atoms with Crippen molar-refractivity contribution in [1.29, 1.82) is 0 Å². The number of hydrogen-bond donors (Lipinski definition) is 3. The van der Waals surface area contributed by atoms with Gasteiger partial charge in [-0.2, -0.15) is 0 Å². The number of aliphatic carboxylic acids is 2. The van der Waals surface area contributed by atoms with E-state index in [4.69, 9.17) is 9.52 Å². The molecule has 0 saturated heterocycles. The van der Waals surface area contributed by atoms with Crippen LogP contribution in [0.5, 0.6) is 0 Å². The van der Waals surface area contributed by atoms with Gasteiger partial charge < -0.3 is 39.3 Å². The van der Waals surface area contributed by atoms with Gasteiger partial charge in [0.2, 0.25) is 0 Å². The van der Waals surface area contributed by atoms with E-state index in [-0.39, 0.29) is 28.2 Å². The van der Waals surface area contributed by atoms with Gasteiger partial charge in [0, 0.05) is 123 Å². The summed E-state index contributed by atoms with van der Waals surface area (Å²) in [7, 11) is 0. The summed E-state index contributed by atoms with van der Waals surface area (Å²) >= 11 is 0. The molecule has 15 nitrogen and oxygen atoms in total. The van der Waals surface area contributed by atoms with E-state index >= 15 is 0 Å². The molecule has 4 aromatic heterocycles. The summed E-state index contributed by atoms with van der Waals surface area (Å²) in [6.07, 6.45) is 8.37. The van der Waals surface area contributed by atoms with Crippen LogP contribution < -0.4 is 37.9 Å². The zero-order valence-electron chi connectivity index (χ0n) is 76.2. The predicted molar refractivity (Wildman–Crippen MR) is 537 cm³/mol. The molecule has 15 heteroatoms. The third-order valence-corrected chi connectivity index (χ3v) is 29.7. The second-order valence-corrected chi connectivity index (χ2v) is 38.5. The minimum Gasteiger partial charge on any atom is -0.480 e. The fraction of sp³-hybridized carbons (Fsp3) is 0.250. The number of anilines is 6. The number of carboxylic acid groups (broad SMARTS) is 2. The molecule has 14 aromatic carbocycles. The lowest BCUT2D eigenvalue weighted by molar-refractivity contribution is -0.138. The van der Waals surface area contributed by atoms with E-state index in [9.17, 15) is 33.9 Å². The van der Waals surface area contributed by atoms with Gasteiger partial charge in [-0.15, -0.1) is 0 Å². The molecule has 0 amide bonds. The Bertz CT molecular complexity index is 7760. The van der Waals surface area contributed by atoms with Crippen LogP contribution in [-0.4, -0.2) is 42.4 Å². The van der Waals surface area contributed by atoms with Gasteiger partial charge >= 0.3 is 23.2 Å². The van der Waals surface area contributed by atoms with Gasteiger partial charge in [0.05, 0.1) is 41.7 Å². The molecular weight excluding hydrogens is 1620 g/mol. The maximum Gasteiger partial charge on any atom is 0.346 e. The molecule has 0 aliphatic heterocycles. The van der Waals surface area contributed by atoms with Gasteiger partial charge in [0.1, 0.15) is 6.54 Å². The Morgan fingerprint density at radius 2 is 0.649 bits per heavy atom. The normalized spacial score (nSPS) is 14.6. The van der Waals surface area contributed by atoms with Gasteiger partial charge in [0.25, 0.3) is 11.1 Å². The summed E-state index contributed by atoms with van der Waals surface area (Å²) < 4.78 is 10.9. The molecule has 4 heterocycles. The number of benzene rings is 14. The first-order chi connectivity index (χ1) is 63.1. The molecule has 22 rings (SSSR count). The van der Waals surface area contributed by atoms with Crippen molar-refractivity contribution in [3.63, 3.8) is 0 Å². The zero-order valence-corrected chi connectivity index (χ0v) is 76.2. The van der Waals surface area contributed by atoms with E-state index in [1.807, 2.05) is 30.3 Å². The Morgan fingerprint density at radius 3 is 0.992 bits per heavy atom. The molecular formula is C116H107N6O9+. The number of hydrogen-bond acceptors (Lipinski definition) is 10. The number of pyridine rings is 3. The van der Waals surface area contributed by atoms with E-state index in [0.29, 0.717) is 44.2 Å². The van der Waals surface area contributed by atoms with Crippen LogP contribution in [0.2, 0.25) is 0 Å². The van der Waals surface area contributed by atoms with Crippen molar-refractivity contribution < 1.29 is 24.2 Å². The first kappa shape index (κ1) is 85.0. The van der Waals surface area contributed by atoms with E-state index in [1.165, 1.54) is 89.0 Å². The first-order valence-corrected chi connectivity index (χ1v) is 46.3. The van der Waals surface area contributed by atoms with E-state index in [1.54, 1.807) is 12.1 Å². The van der Waals surface area contributed by atoms with Crippen LogP contribution >= 0.6 is 0 Å². The standard InChI is InChI=1S/C58H53N3O4.C56H49N2O3.C2H5NO2/c1-7-9-14-34(8-2)32-59-50-28-27-45-53-44(55(64)60(56(45)65)33-52(62)63)26-25-43(54(50)53)42-24-21-37(31-51(42)59)61(35-19-22-40-38-15-10-12-17-46(38)57(3,4)48(40)29-35)36-20-23-41-39-16-11-13-18-47(39)58(5,6)49(41)30-36;1-7-9-14-33(8-2)32-57-49-28-27-44-51-43(53(59)61-54(44)60)26-25-42(52(49)51)41-24-21-36(31-50(41)57)58(34-19-22-39-37-15-10-12-17-45(37)55(3,4)47(39)29-34)35-20-23-40-38-16-11-13-18-46(38)56(5,6)48(40)30-35;3-1-2(4)5/h10-13,15-31,34H,7-9,14,32-33H2,1-6H3,(H,62,63);10-13,15-31,33H,1,7-9,14,32H2,2-6H3;1,3H2,(H,4,5)/q;+1;. The van der Waals surface area contributed by atoms with Crippen molar-refractivity contribution in [1.82, 2.24) is 13.7 Å². The van der Waals surface area contributed by atoms with Crippen molar-refractivity contribution >= 4 is 133 Å². The number of aromatic nitrogens is 3. The molecule has 0 radical (unpaired) electrons. The Labute approximate surface area is 761 Å². The highest BCUT2D eigenvalue weighted by atomic mass is 16.4. The summed E-state index contributed by atoms with van der Waals surface area (Å²) in [6, 6.07) is 92.2. The van der Waals surface area contributed by atoms with Crippen molar-refractivity contribution in [2.24, 2.45) is 17.6 Å². The van der Waals surface area contributed by atoms with Gasteiger partial charge in [-0.05, 0) is 240 Å². The van der Waals surface area contributed by atoms with Gasteiger partial charge in [-0.25, -0.2) is 9.59 Å². The second kappa shape index (κ2) is 32.2. The molecule has 654 valence electrons. The summed E-state index contributed by atoms with van der Waals surface area (Å²) in [5.74, 6) is -1.39. The van der Waals surface area contributed by atoms with Crippen LogP contribution in [0.1, 0.15) is 172 Å². The van der Waals surface area contributed by atoms with Crippen molar-refractivity contribution in [3.05, 3.63) is 348 Å². The smallest absolute Gasteiger partial charge is 0.346 e. The van der Waals surface area contributed by atoms with Crippen LogP contribution in [0.3, 0.4) is 0 Å². The van der Waals surface area contributed by atoms with Gasteiger partial charge in [-0.1, -0.05) is 247 Å². The lowest BCUT2D eigenvalue weighted by Gasteiger charge is -2.30. The number of unbranched alkanes of at least 4 members (excludes halogenated alkanes) is 2. The van der Waals surface area contributed by atoms with Crippen molar-refractivity contribution in [2.75, 3.05) is 16.3 Å². The van der Waals surface area contributed by atoms with Crippen LogP contribution in [0.15, 0.2) is 278 Å². The maximum absolute atomic E-state index is 13.9. The Kier molecular flexibility index (Phi) is 20.9. The number of nitrogens with zero attached hydrogens (tertiary/aromatic N) is 5. The topological polar surface area (TPSA) is 203 Å². The fourth-order valence-electron chi connectivity index (χ4n) is 22.8. The molecule has 4 aliphatic carbocycles. The number of carbonyl (C=O) groups is 2. The molecule has 0 saturated carbocycles. The molecule has 131 heavy (non-hydrogen) atoms. The third kappa shape index (κ3) is 13.5. The van der Waals surface area contributed by atoms with Crippen LogP contribution in [0, 0.1) is 18.8 Å². The predicted octanol–water partition coefficient (Wildman–Crippen LogP) is 26.4. The number of carboxylic acids is 2. The highest BCUT2D eigenvalue weighted by Gasteiger charge is 2.42. The summed E-state index contributed by atoms with van der Waals surface area (Å²) in [4.78, 5) is 80.0. The SMILES string of the molecule is CCCCC(CC)Cn1c2cc(N(c3ccc4c(c3)C(C)(C)c3ccccc3-4)c3ccc4c(c3)C(C)(C)c3ccccc3-4)ccc2c2ccc3c(=O)n(CC(=O)O)c(=O)c4ccc1c2c34.NCC(=O)O.[CH2+]CCCC(CC)Cn1c2cc(N(c3ccc4c(c3)C(C)(C)c3ccccc3-4)c3ccc4c(c3)C(C)(C)c3ccccc3-4)ccc2c2ccc3c(=O)oc(=O)c4ccc1c2c34. The minimum atomic E-state index is -1.23. The lowest BCUT2D eigenvalue weighted by Crippen LogP contribution is -2.35. The number of rotatable bonds is 21. The molecule has 18 aromatic rings. The molecule has 4 aliphatic rings. The zero-order chi connectivity index (χ0) is 91.3. The van der Waals surface area contributed by atoms with E-state index in [2.05, 4.69) is 320 Å². The Balaban J connectivity index is 0.000000156. The highest BCUT2D eigenvalue weighted by Crippen LogP contribution is 2.57. The Hall–Kier alpha value is -14.2. The van der Waals surface area contributed by atoms with Crippen LogP contribution in [-0.2, 0) is 50.9 Å². The minimum absolute atomic E-state index is 0.165. The molecule has 0 fully saturated rings. The molecule has 0 bridgehead atoms. The van der Waals surface area contributed by atoms with Crippen LogP contribution in [0.4, 0.5) is 34.1 Å².